The van der Waals surface area contributed by atoms with E-state index in [0.717, 1.165) is 0 Å². The molecule has 2 N–H and O–H groups in total. The van der Waals surface area contributed by atoms with Gasteiger partial charge in [-0.1, -0.05) is 0 Å². The predicted molar refractivity (Wildman–Crippen MR) is 67.1 cm³/mol. The minimum Gasteiger partial charge on any atom is -0.328 e. The normalized spacial score (nSPS) is 15.4. The highest BCUT2D eigenvalue weighted by Gasteiger charge is 2.45. The molecule has 6 nitrogen and oxygen atoms in total. The first-order valence-corrected chi connectivity index (χ1v) is 9.18. The molecule has 0 amide bonds. The first-order valence-electron chi connectivity index (χ1n) is 4.79. The number of hydrogen-bond acceptors (Lipinski definition) is 5. The van der Waals surface area contributed by atoms with Crippen molar-refractivity contribution < 1.29 is 23.4 Å². The van der Waals surface area contributed by atoms with Gasteiger partial charge in [0.25, 0.3) is 0 Å². The monoisotopic (exact) mass is 291 g/mol. The van der Waals surface area contributed by atoms with Gasteiger partial charge in [-0.15, -0.1) is 0 Å². The molecule has 9 heteroatoms. The number of rotatable bonds is 7. The van der Waals surface area contributed by atoms with E-state index in [0.29, 0.717) is 0 Å². The van der Waals surface area contributed by atoms with Crippen LogP contribution in [0.15, 0.2) is 0 Å². The Morgan fingerprint density at radius 1 is 1.25 bits per heavy atom. The average Bonchev–Trinajstić information content (AvgIpc) is 1.99. The van der Waals surface area contributed by atoms with E-state index < -0.39 is 19.6 Å². The molecule has 0 spiro atoms. The quantitative estimate of drug-likeness (QED) is 0.686. The van der Waals surface area contributed by atoms with Gasteiger partial charge >= 0.3 is 7.60 Å². The van der Waals surface area contributed by atoms with Gasteiger partial charge in [-0.2, -0.15) is 0 Å². The molecule has 0 saturated heterocycles. The first-order chi connectivity index (χ1) is 7.19. The lowest BCUT2D eigenvalue weighted by molar-refractivity contribution is 0.235. The zero-order valence-electron chi connectivity index (χ0n) is 9.86. The fraction of sp³-hybridized carbons (Fsp3) is 1.00. The van der Waals surface area contributed by atoms with Crippen molar-refractivity contribution in [3.8, 4) is 0 Å². The zero-order valence-corrected chi connectivity index (χ0v) is 12.5. The lowest BCUT2D eigenvalue weighted by Gasteiger charge is -2.34. The molecule has 0 aromatic heterocycles. The Morgan fingerprint density at radius 2 is 1.62 bits per heavy atom. The van der Waals surface area contributed by atoms with Gasteiger partial charge in [0, 0.05) is 0 Å². The Morgan fingerprint density at radius 3 is 1.81 bits per heavy atom. The van der Waals surface area contributed by atoms with Gasteiger partial charge in [0.15, 0.2) is 5.52 Å². The summed E-state index contributed by atoms with van der Waals surface area (Å²) in [6, 6.07) is 0. The van der Waals surface area contributed by atoms with E-state index in [4.69, 9.17) is 20.9 Å². The van der Waals surface area contributed by atoms with E-state index in [-0.39, 0.29) is 13.2 Å². The Bertz CT molecular complexity index is 295. The summed E-state index contributed by atoms with van der Waals surface area (Å²) in [5, 5.41) is 0. The highest BCUT2D eigenvalue weighted by molar-refractivity contribution is 8.12. The molecular weight excluding hydrogens is 272 g/mol. The fourth-order valence-electron chi connectivity index (χ4n) is 1.30. The van der Waals surface area contributed by atoms with Crippen LogP contribution in [0.1, 0.15) is 13.8 Å². The molecule has 16 heavy (non-hydrogen) atoms. The maximum atomic E-state index is 11.4. The smallest absolute Gasteiger partial charge is 0.328 e. The summed E-state index contributed by atoms with van der Waals surface area (Å²) < 4.78 is 22.0. The van der Waals surface area contributed by atoms with Crippen LogP contribution in [0.4, 0.5) is 0 Å². The summed E-state index contributed by atoms with van der Waals surface area (Å²) in [5.41, 5.74) is -1.20. The second-order valence-electron chi connectivity index (χ2n) is 3.27. The number of nitrogens with zero attached hydrogens (tertiary/aromatic N) is 1. The molecular formula is C7H19NO5P2S. The summed E-state index contributed by atoms with van der Waals surface area (Å²) in [6.07, 6.45) is 0. The lowest BCUT2D eigenvalue weighted by Crippen LogP contribution is -2.29. The van der Waals surface area contributed by atoms with Gasteiger partial charge in [-0.05, 0) is 39.7 Å². The second-order valence-corrected chi connectivity index (χ2v) is 8.96. The molecule has 0 saturated carbocycles. The van der Waals surface area contributed by atoms with E-state index >= 15 is 0 Å². The topological polar surface area (TPSA) is 79.2 Å². The summed E-state index contributed by atoms with van der Waals surface area (Å²) in [6.45, 7) is 0.949. The van der Waals surface area contributed by atoms with E-state index in [2.05, 4.69) is 0 Å². The van der Waals surface area contributed by atoms with E-state index in [1.165, 1.54) is 4.90 Å². The molecule has 98 valence electrons. The lowest BCUT2D eigenvalue weighted by atomic mass is 10.9. The van der Waals surface area contributed by atoms with Crippen LogP contribution in [0, 0.1) is 0 Å². The highest BCUT2D eigenvalue weighted by Crippen LogP contribution is 2.66. The summed E-state index contributed by atoms with van der Waals surface area (Å²) in [4.78, 5) is 20.0. The third-order valence-electron chi connectivity index (χ3n) is 1.66. The minimum absolute atomic E-state index is 0.265. The van der Waals surface area contributed by atoms with Crippen LogP contribution in [0.5, 0.6) is 0 Å². The fourth-order valence-corrected chi connectivity index (χ4v) is 7.70. The van der Waals surface area contributed by atoms with Crippen molar-refractivity contribution in [3.05, 3.63) is 0 Å². The molecule has 0 heterocycles. The van der Waals surface area contributed by atoms with Crippen LogP contribution >= 0.6 is 14.1 Å². The Labute approximate surface area is 101 Å². The van der Waals surface area contributed by atoms with Gasteiger partial charge in [-0.3, -0.25) is 9.46 Å². The van der Waals surface area contributed by atoms with Crippen LogP contribution in [0.25, 0.3) is 0 Å². The van der Waals surface area contributed by atoms with Crippen molar-refractivity contribution in [2.45, 2.75) is 19.4 Å². The van der Waals surface area contributed by atoms with Gasteiger partial charge in [-0.25, -0.2) is 0 Å². The van der Waals surface area contributed by atoms with Crippen molar-refractivity contribution >= 4 is 25.9 Å². The standard InChI is InChI=1S/C7H19NO5P2S/c1-5-12-15(16,13-6-2)7(8(3)4)14(9,10)11/h7H,5-6H2,1-4H3,(H2,9,10,11). The van der Waals surface area contributed by atoms with Crippen LogP contribution < -0.4 is 0 Å². The van der Waals surface area contributed by atoms with Crippen molar-refractivity contribution in [2.75, 3.05) is 27.3 Å². The summed E-state index contributed by atoms with van der Waals surface area (Å²) in [5.74, 6) is 0. The molecule has 0 aliphatic heterocycles. The SMILES string of the molecule is CCOP(=S)(OCC)C(N(C)C)P(=O)(O)O. The van der Waals surface area contributed by atoms with Crippen molar-refractivity contribution in [1.29, 1.82) is 0 Å². The Balaban J connectivity index is 5.28. The largest absolute Gasteiger partial charge is 0.352 e. The average molecular weight is 291 g/mol. The Kier molecular flexibility index (Phi) is 6.85. The molecule has 1 atom stereocenters. The molecule has 0 aromatic carbocycles. The summed E-state index contributed by atoms with van der Waals surface area (Å²) >= 11 is 5.18. The maximum absolute atomic E-state index is 11.4. The number of hydrogen-bond donors (Lipinski definition) is 2. The van der Waals surface area contributed by atoms with Gasteiger partial charge in [0.2, 0.25) is 6.49 Å². The molecule has 0 aliphatic carbocycles. The molecule has 0 aliphatic rings. The first kappa shape index (κ1) is 16.7. The van der Waals surface area contributed by atoms with Crippen molar-refractivity contribution in [1.82, 2.24) is 4.90 Å². The third kappa shape index (κ3) is 4.51. The van der Waals surface area contributed by atoms with Crippen molar-refractivity contribution in [2.24, 2.45) is 0 Å². The van der Waals surface area contributed by atoms with Gasteiger partial charge in [0.05, 0.1) is 13.2 Å². The summed E-state index contributed by atoms with van der Waals surface area (Å²) in [7, 11) is -1.30. The zero-order chi connectivity index (χ0) is 13.0. The third-order valence-corrected chi connectivity index (χ3v) is 8.51. The Hall–Kier alpha value is 0.680. The van der Waals surface area contributed by atoms with Crippen LogP contribution in [-0.4, -0.2) is 47.5 Å². The predicted octanol–water partition coefficient (Wildman–Crippen LogP) is 1.39. The van der Waals surface area contributed by atoms with Crippen molar-refractivity contribution in [3.63, 3.8) is 0 Å². The minimum atomic E-state index is -4.39. The van der Waals surface area contributed by atoms with Crippen LogP contribution in [-0.2, 0) is 25.4 Å². The van der Waals surface area contributed by atoms with E-state index in [9.17, 15) is 14.4 Å². The van der Waals surface area contributed by atoms with Gasteiger partial charge < -0.3 is 18.8 Å². The van der Waals surface area contributed by atoms with E-state index in [1.807, 2.05) is 0 Å². The maximum Gasteiger partial charge on any atom is 0.352 e. The highest BCUT2D eigenvalue weighted by atomic mass is 32.5. The molecule has 1 unspecified atom stereocenters. The van der Waals surface area contributed by atoms with Crippen LogP contribution in [0.2, 0.25) is 0 Å². The van der Waals surface area contributed by atoms with E-state index in [1.54, 1.807) is 27.9 Å². The van der Waals surface area contributed by atoms with Gasteiger partial charge in [0.1, 0.15) is 0 Å². The van der Waals surface area contributed by atoms with Crippen LogP contribution in [0.3, 0.4) is 0 Å². The second kappa shape index (κ2) is 6.57. The molecule has 0 rings (SSSR count). The molecule has 0 aromatic rings. The molecule has 0 bridgehead atoms. The molecule has 0 fully saturated rings. The molecule has 0 radical (unpaired) electrons.